The van der Waals surface area contributed by atoms with Crippen molar-refractivity contribution in [1.82, 2.24) is 19.7 Å². The van der Waals surface area contributed by atoms with E-state index in [0.717, 1.165) is 5.69 Å². The molecule has 20 heavy (non-hydrogen) atoms. The molecule has 0 aliphatic heterocycles. The zero-order chi connectivity index (χ0) is 15.0. The number of aryl methyl sites for hydroxylation is 2. The molecule has 0 spiro atoms. The van der Waals surface area contributed by atoms with Crippen LogP contribution in [0.4, 0.5) is 11.5 Å². The highest BCUT2D eigenvalue weighted by Gasteiger charge is 2.28. The summed E-state index contributed by atoms with van der Waals surface area (Å²) < 4.78 is 1.30. The number of hydrogen-bond donors (Lipinski definition) is 1. The van der Waals surface area contributed by atoms with Crippen molar-refractivity contribution in [1.29, 1.82) is 0 Å². The van der Waals surface area contributed by atoms with Gasteiger partial charge in [-0.2, -0.15) is 9.78 Å². The molecule has 2 aromatic rings. The number of nitro groups is 1. The molecular weight excluding hydrogens is 260 g/mol. The summed E-state index contributed by atoms with van der Waals surface area (Å²) >= 11 is 0. The monoisotopic (exact) mass is 276 g/mol. The fourth-order valence-electron chi connectivity index (χ4n) is 2.00. The first kappa shape index (κ1) is 13.9. The van der Waals surface area contributed by atoms with Crippen molar-refractivity contribution in [3.05, 3.63) is 33.4 Å². The quantitative estimate of drug-likeness (QED) is 0.676. The molecule has 0 amide bonds. The van der Waals surface area contributed by atoms with E-state index in [9.17, 15) is 10.1 Å². The van der Waals surface area contributed by atoms with E-state index < -0.39 is 4.92 Å². The number of hydrogen-bond acceptors (Lipinski definition) is 6. The third-order valence-electron chi connectivity index (χ3n) is 2.82. The third-order valence-corrected chi connectivity index (χ3v) is 2.82. The molecule has 0 aromatic carbocycles. The van der Waals surface area contributed by atoms with Crippen molar-refractivity contribution in [3.8, 4) is 5.82 Å². The van der Waals surface area contributed by atoms with Gasteiger partial charge in [-0.05, 0) is 13.8 Å². The molecular formula is C12H16N6O2. The minimum atomic E-state index is -0.505. The van der Waals surface area contributed by atoms with E-state index in [4.69, 9.17) is 5.73 Å². The van der Waals surface area contributed by atoms with Gasteiger partial charge in [-0.3, -0.25) is 10.1 Å². The van der Waals surface area contributed by atoms with Gasteiger partial charge in [0.05, 0.1) is 4.92 Å². The van der Waals surface area contributed by atoms with Crippen molar-refractivity contribution < 1.29 is 4.92 Å². The predicted octanol–water partition coefficient (Wildman–Crippen LogP) is 1.89. The summed E-state index contributed by atoms with van der Waals surface area (Å²) in [6, 6.07) is 1.68. The van der Waals surface area contributed by atoms with Crippen molar-refractivity contribution in [2.45, 2.75) is 33.6 Å². The van der Waals surface area contributed by atoms with Gasteiger partial charge in [0.2, 0.25) is 5.82 Å². The molecule has 0 fully saturated rings. The van der Waals surface area contributed by atoms with E-state index in [-0.39, 0.29) is 17.4 Å². The summed E-state index contributed by atoms with van der Waals surface area (Å²) in [5, 5.41) is 15.4. The second-order valence-corrected chi connectivity index (χ2v) is 4.86. The molecule has 0 unspecified atom stereocenters. The first-order valence-electron chi connectivity index (χ1n) is 6.16. The van der Waals surface area contributed by atoms with Crippen molar-refractivity contribution in [2.75, 3.05) is 5.73 Å². The van der Waals surface area contributed by atoms with Crippen molar-refractivity contribution >= 4 is 11.5 Å². The summed E-state index contributed by atoms with van der Waals surface area (Å²) in [6.45, 7) is 7.22. The van der Waals surface area contributed by atoms with E-state index >= 15 is 0 Å². The van der Waals surface area contributed by atoms with Crippen LogP contribution in [-0.4, -0.2) is 24.7 Å². The number of aromatic nitrogens is 4. The zero-order valence-corrected chi connectivity index (χ0v) is 11.8. The maximum absolute atomic E-state index is 11.2. The average molecular weight is 276 g/mol. The molecule has 2 aromatic heterocycles. The Morgan fingerprint density at radius 2 is 2.00 bits per heavy atom. The lowest BCUT2D eigenvalue weighted by Crippen LogP contribution is -2.07. The average Bonchev–Trinajstić information content (AvgIpc) is 2.65. The fraction of sp³-hybridized carbons (Fsp3) is 0.417. The summed E-state index contributed by atoms with van der Waals surface area (Å²) in [5.74, 6) is 0.866. The topological polar surface area (TPSA) is 113 Å². The van der Waals surface area contributed by atoms with Crippen molar-refractivity contribution in [2.24, 2.45) is 0 Å². The molecule has 0 aliphatic rings. The van der Waals surface area contributed by atoms with Crippen molar-refractivity contribution in [3.63, 3.8) is 0 Å². The van der Waals surface area contributed by atoms with Gasteiger partial charge in [0, 0.05) is 17.7 Å². The van der Waals surface area contributed by atoms with E-state index in [2.05, 4.69) is 15.1 Å². The molecule has 2 N–H and O–H groups in total. The second kappa shape index (κ2) is 4.87. The van der Waals surface area contributed by atoms with Crippen LogP contribution < -0.4 is 5.73 Å². The maximum Gasteiger partial charge on any atom is 0.334 e. The van der Waals surface area contributed by atoms with Crippen LogP contribution in [0, 0.1) is 24.0 Å². The van der Waals surface area contributed by atoms with Crippen LogP contribution in [0.2, 0.25) is 0 Å². The van der Waals surface area contributed by atoms with Gasteiger partial charge in [0.15, 0.2) is 5.82 Å². The first-order valence-corrected chi connectivity index (χ1v) is 6.16. The van der Waals surface area contributed by atoms with Crippen LogP contribution in [0.5, 0.6) is 0 Å². The van der Waals surface area contributed by atoms with E-state index in [0.29, 0.717) is 17.3 Å². The number of rotatable bonds is 3. The Labute approximate surface area is 115 Å². The summed E-state index contributed by atoms with van der Waals surface area (Å²) in [7, 11) is 0. The van der Waals surface area contributed by atoms with Crippen LogP contribution in [0.25, 0.3) is 5.82 Å². The molecule has 0 aliphatic carbocycles. The van der Waals surface area contributed by atoms with Crippen LogP contribution in [-0.2, 0) is 0 Å². The minimum absolute atomic E-state index is 0.0174. The molecule has 0 atom stereocenters. The highest BCUT2D eigenvalue weighted by Crippen LogP contribution is 2.32. The zero-order valence-electron chi connectivity index (χ0n) is 11.8. The molecule has 106 valence electrons. The van der Waals surface area contributed by atoms with Gasteiger partial charge in [-0.15, -0.1) is 0 Å². The highest BCUT2D eigenvalue weighted by atomic mass is 16.6. The normalized spacial score (nSPS) is 11.1. The lowest BCUT2D eigenvalue weighted by atomic mass is 10.1. The molecule has 8 heteroatoms. The second-order valence-electron chi connectivity index (χ2n) is 4.86. The molecule has 0 saturated carbocycles. The molecule has 0 saturated heterocycles. The maximum atomic E-state index is 11.2. The molecule has 0 bridgehead atoms. The minimum Gasteiger partial charge on any atom is -0.378 e. The highest BCUT2D eigenvalue weighted by molar-refractivity contribution is 5.60. The summed E-state index contributed by atoms with van der Waals surface area (Å²) in [5.41, 5.74) is 6.81. The smallest absolute Gasteiger partial charge is 0.334 e. The Morgan fingerprint density at radius 1 is 1.35 bits per heavy atom. The fourth-order valence-corrected chi connectivity index (χ4v) is 2.00. The molecule has 0 radical (unpaired) electrons. The van der Waals surface area contributed by atoms with Gasteiger partial charge in [-0.1, -0.05) is 13.8 Å². The van der Waals surface area contributed by atoms with Crippen LogP contribution >= 0.6 is 0 Å². The van der Waals surface area contributed by atoms with E-state index in [1.165, 1.54) is 4.68 Å². The number of nitrogens with zero attached hydrogens (tertiary/aromatic N) is 5. The lowest BCUT2D eigenvalue weighted by Gasteiger charge is -2.04. The first-order chi connectivity index (χ1) is 9.31. The number of nitrogens with two attached hydrogens (primary N) is 1. The summed E-state index contributed by atoms with van der Waals surface area (Å²) in [4.78, 5) is 19.0. The number of nitrogen functional groups attached to an aromatic ring is 1. The Balaban J connectivity index is 2.69. The lowest BCUT2D eigenvalue weighted by molar-refractivity contribution is -0.384. The largest absolute Gasteiger partial charge is 0.378 e. The SMILES string of the molecule is Cc1cc(-n2nc(C(C)C)c([N+](=O)[O-])c2N)nc(C)n1. The van der Waals surface area contributed by atoms with E-state index in [1.807, 2.05) is 20.8 Å². The Kier molecular flexibility index (Phi) is 3.39. The third kappa shape index (κ3) is 2.31. The van der Waals surface area contributed by atoms with E-state index in [1.54, 1.807) is 13.0 Å². The van der Waals surface area contributed by atoms with Crippen LogP contribution in [0.3, 0.4) is 0 Å². The van der Waals surface area contributed by atoms with Crippen LogP contribution in [0.15, 0.2) is 6.07 Å². The Hall–Kier alpha value is -2.51. The predicted molar refractivity (Wildman–Crippen MR) is 73.8 cm³/mol. The molecule has 2 heterocycles. The Morgan fingerprint density at radius 3 is 2.45 bits per heavy atom. The Bertz CT molecular complexity index is 657. The standard InChI is InChI=1S/C12H16N6O2/c1-6(2)10-11(18(19)20)12(13)17(16-10)9-5-7(3)14-8(4)15-9/h5-6H,13H2,1-4H3. The van der Waals surface area contributed by atoms with Gasteiger partial charge < -0.3 is 5.73 Å². The molecule has 2 rings (SSSR count). The van der Waals surface area contributed by atoms with Gasteiger partial charge >= 0.3 is 5.69 Å². The number of anilines is 1. The summed E-state index contributed by atoms with van der Waals surface area (Å²) in [6.07, 6.45) is 0. The van der Waals surface area contributed by atoms with Gasteiger partial charge in [0.25, 0.3) is 0 Å². The van der Waals surface area contributed by atoms with Gasteiger partial charge in [-0.25, -0.2) is 9.97 Å². The molecule has 8 nitrogen and oxygen atoms in total. The van der Waals surface area contributed by atoms with Crippen LogP contribution in [0.1, 0.15) is 37.0 Å². The van der Waals surface area contributed by atoms with Gasteiger partial charge in [0.1, 0.15) is 11.5 Å².